The number of carboxylic acids is 1. The molecule has 20 heavy (non-hydrogen) atoms. The van der Waals surface area contributed by atoms with E-state index in [-0.39, 0.29) is 11.8 Å². The van der Waals surface area contributed by atoms with Crippen LogP contribution in [0.3, 0.4) is 0 Å². The van der Waals surface area contributed by atoms with Gasteiger partial charge in [-0.1, -0.05) is 24.3 Å². The van der Waals surface area contributed by atoms with Gasteiger partial charge in [0.1, 0.15) is 17.7 Å². The molecule has 5 nitrogen and oxygen atoms in total. The third-order valence-corrected chi connectivity index (χ3v) is 3.19. The molecule has 0 saturated carbocycles. The summed E-state index contributed by atoms with van der Waals surface area (Å²) >= 11 is 0. The SMILES string of the molecule is O=C(O)c1cccc(NCC2Cc3ccccc3O2)n1. The number of aromatic nitrogens is 1. The van der Waals surface area contributed by atoms with Gasteiger partial charge in [-0.2, -0.15) is 0 Å². The number of pyridine rings is 1. The minimum atomic E-state index is -1.03. The van der Waals surface area contributed by atoms with Gasteiger partial charge in [-0.25, -0.2) is 9.78 Å². The molecule has 1 atom stereocenters. The van der Waals surface area contributed by atoms with Crippen molar-refractivity contribution in [2.24, 2.45) is 0 Å². The van der Waals surface area contributed by atoms with Crippen LogP contribution in [0.4, 0.5) is 5.82 Å². The van der Waals surface area contributed by atoms with Crippen LogP contribution in [0, 0.1) is 0 Å². The Kier molecular flexibility index (Phi) is 3.25. The standard InChI is InChI=1S/C15H14N2O3/c18-15(19)12-5-3-7-14(17-12)16-9-11-8-10-4-1-2-6-13(10)20-11/h1-7,11H,8-9H2,(H,16,17)(H,18,19). The minimum Gasteiger partial charge on any atom is -0.488 e. The smallest absolute Gasteiger partial charge is 0.354 e. The molecule has 2 aromatic rings. The van der Waals surface area contributed by atoms with E-state index in [0.29, 0.717) is 12.4 Å². The van der Waals surface area contributed by atoms with Crippen molar-refractivity contribution in [1.29, 1.82) is 0 Å². The van der Waals surface area contributed by atoms with Crippen molar-refractivity contribution >= 4 is 11.8 Å². The second-order valence-corrected chi connectivity index (χ2v) is 4.65. The number of fused-ring (bicyclic) bond motifs is 1. The van der Waals surface area contributed by atoms with Crippen molar-refractivity contribution in [3.05, 3.63) is 53.7 Å². The van der Waals surface area contributed by atoms with E-state index in [0.717, 1.165) is 12.2 Å². The highest BCUT2D eigenvalue weighted by molar-refractivity contribution is 5.85. The van der Waals surface area contributed by atoms with Crippen LogP contribution in [0.25, 0.3) is 0 Å². The molecule has 0 saturated heterocycles. The van der Waals surface area contributed by atoms with Crippen LogP contribution in [-0.4, -0.2) is 28.7 Å². The summed E-state index contributed by atoms with van der Waals surface area (Å²) in [6.45, 7) is 0.588. The van der Waals surface area contributed by atoms with Crippen molar-refractivity contribution in [2.45, 2.75) is 12.5 Å². The maximum atomic E-state index is 10.8. The van der Waals surface area contributed by atoms with Gasteiger partial charge in [0.25, 0.3) is 0 Å². The Hall–Kier alpha value is -2.56. The van der Waals surface area contributed by atoms with Gasteiger partial charge >= 0.3 is 5.97 Å². The van der Waals surface area contributed by atoms with Gasteiger partial charge < -0.3 is 15.2 Å². The molecular weight excluding hydrogens is 256 g/mol. The maximum absolute atomic E-state index is 10.8. The van der Waals surface area contributed by atoms with E-state index < -0.39 is 5.97 Å². The highest BCUT2D eigenvalue weighted by atomic mass is 16.5. The number of hydrogen-bond donors (Lipinski definition) is 2. The number of nitrogens with one attached hydrogen (secondary N) is 1. The van der Waals surface area contributed by atoms with Gasteiger partial charge in [-0.15, -0.1) is 0 Å². The Labute approximate surface area is 116 Å². The highest BCUT2D eigenvalue weighted by Gasteiger charge is 2.22. The van der Waals surface area contributed by atoms with E-state index in [9.17, 15) is 4.79 Å². The zero-order valence-electron chi connectivity index (χ0n) is 10.7. The maximum Gasteiger partial charge on any atom is 0.354 e. The molecular formula is C15H14N2O3. The Bertz CT molecular complexity index is 618. The normalized spacial score (nSPS) is 16.3. The molecule has 1 aliphatic heterocycles. The van der Waals surface area contributed by atoms with Crippen molar-refractivity contribution in [3.63, 3.8) is 0 Å². The summed E-state index contributed by atoms with van der Waals surface area (Å²) in [7, 11) is 0. The fraction of sp³-hybridized carbons (Fsp3) is 0.200. The van der Waals surface area contributed by atoms with E-state index in [1.807, 2.05) is 18.2 Å². The van der Waals surface area contributed by atoms with E-state index in [2.05, 4.69) is 16.4 Å². The van der Waals surface area contributed by atoms with Crippen LogP contribution < -0.4 is 10.1 Å². The number of para-hydroxylation sites is 1. The largest absolute Gasteiger partial charge is 0.488 e. The first-order valence-electron chi connectivity index (χ1n) is 6.41. The molecule has 0 radical (unpaired) electrons. The Balaban J connectivity index is 1.61. The Morgan fingerprint density at radius 1 is 1.30 bits per heavy atom. The number of anilines is 1. The zero-order chi connectivity index (χ0) is 13.9. The number of benzene rings is 1. The quantitative estimate of drug-likeness (QED) is 0.891. The first-order valence-corrected chi connectivity index (χ1v) is 6.41. The third-order valence-electron chi connectivity index (χ3n) is 3.19. The van der Waals surface area contributed by atoms with Crippen LogP contribution >= 0.6 is 0 Å². The molecule has 0 amide bonds. The van der Waals surface area contributed by atoms with Gasteiger partial charge in [0.05, 0.1) is 6.54 Å². The molecule has 5 heteroatoms. The minimum absolute atomic E-state index is 0.0330. The van der Waals surface area contributed by atoms with Crippen LogP contribution in [0.15, 0.2) is 42.5 Å². The zero-order valence-corrected chi connectivity index (χ0v) is 10.7. The van der Waals surface area contributed by atoms with Crippen molar-refractivity contribution in [1.82, 2.24) is 4.98 Å². The molecule has 0 fully saturated rings. The van der Waals surface area contributed by atoms with Gasteiger partial charge in [0, 0.05) is 6.42 Å². The van der Waals surface area contributed by atoms with E-state index in [1.54, 1.807) is 12.1 Å². The van der Waals surface area contributed by atoms with E-state index in [1.165, 1.54) is 11.6 Å². The fourth-order valence-corrected chi connectivity index (χ4v) is 2.24. The number of rotatable bonds is 4. The van der Waals surface area contributed by atoms with Gasteiger partial charge in [-0.3, -0.25) is 0 Å². The number of carboxylic acid groups (broad SMARTS) is 1. The molecule has 1 unspecified atom stereocenters. The molecule has 102 valence electrons. The molecule has 0 bridgehead atoms. The number of nitrogens with zero attached hydrogens (tertiary/aromatic N) is 1. The first kappa shape index (κ1) is 12.5. The van der Waals surface area contributed by atoms with Crippen LogP contribution in [0.2, 0.25) is 0 Å². The van der Waals surface area contributed by atoms with Crippen molar-refractivity contribution in [3.8, 4) is 5.75 Å². The molecule has 2 N–H and O–H groups in total. The molecule has 0 aliphatic carbocycles. The number of carbonyl (C=O) groups is 1. The summed E-state index contributed by atoms with van der Waals surface area (Å²) in [6, 6.07) is 12.8. The predicted molar refractivity (Wildman–Crippen MR) is 74.2 cm³/mol. The Morgan fingerprint density at radius 3 is 2.95 bits per heavy atom. The van der Waals surface area contributed by atoms with Crippen molar-refractivity contribution < 1.29 is 14.6 Å². The highest BCUT2D eigenvalue weighted by Crippen LogP contribution is 2.28. The molecule has 0 spiro atoms. The average Bonchev–Trinajstić information content (AvgIpc) is 2.88. The third kappa shape index (κ3) is 2.56. The second kappa shape index (κ2) is 5.21. The first-order chi connectivity index (χ1) is 9.72. The second-order valence-electron chi connectivity index (χ2n) is 4.65. The molecule has 2 heterocycles. The summed E-state index contributed by atoms with van der Waals surface area (Å²) in [5.41, 5.74) is 1.23. The molecule has 3 rings (SSSR count). The monoisotopic (exact) mass is 270 g/mol. The number of hydrogen-bond acceptors (Lipinski definition) is 4. The van der Waals surface area contributed by atoms with Crippen molar-refractivity contribution in [2.75, 3.05) is 11.9 Å². The predicted octanol–water partition coefficient (Wildman–Crippen LogP) is 2.20. The lowest BCUT2D eigenvalue weighted by atomic mass is 10.1. The van der Waals surface area contributed by atoms with Gasteiger partial charge in [0.2, 0.25) is 0 Å². The lowest BCUT2D eigenvalue weighted by molar-refractivity contribution is 0.0690. The summed E-state index contributed by atoms with van der Waals surface area (Å²) in [5, 5.41) is 12.0. The summed E-state index contributed by atoms with van der Waals surface area (Å²) in [5.74, 6) is 0.439. The molecule has 1 aromatic heterocycles. The summed E-state index contributed by atoms with van der Waals surface area (Å²) in [4.78, 5) is 14.9. The topological polar surface area (TPSA) is 71.5 Å². The molecule has 1 aromatic carbocycles. The lowest BCUT2D eigenvalue weighted by Crippen LogP contribution is -2.24. The van der Waals surface area contributed by atoms with Crippen LogP contribution in [-0.2, 0) is 6.42 Å². The fourth-order valence-electron chi connectivity index (χ4n) is 2.24. The van der Waals surface area contributed by atoms with Crippen LogP contribution in [0.5, 0.6) is 5.75 Å². The molecule has 1 aliphatic rings. The summed E-state index contributed by atoms with van der Waals surface area (Å²) < 4.78 is 5.80. The van der Waals surface area contributed by atoms with Gasteiger partial charge in [0.15, 0.2) is 5.69 Å². The summed E-state index contributed by atoms with van der Waals surface area (Å²) in [6.07, 6.45) is 0.893. The number of ether oxygens (including phenoxy) is 1. The van der Waals surface area contributed by atoms with E-state index in [4.69, 9.17) is 9.84 Å². The van der Waals surface area contributed by atoms with Gasteiger partial charge in [-0.05, 0) is 23.8 Å². The Morgan fingerprint density at radius 2 is 2.15 bits per heavy atom. The van der Waals surface area contributed by atoms with Crippen LogP contribution in [0.1, 0.15) is 16.1 Å². The number of aromatic carboxylic acids is 1. The lowest BCUT2D eigenvalue weighted by Gasteiger charge is -2.12. The average molecular weight is 270 g/mol. The van der Waals surface area contributed by atoms with E-state index >= 15 is 0 Å².